The lowest BCUT2D eigenvalue weighted by atomic mass is 10.2. The maximum Gasteiger partial charge on any atom is 0.232 e. The number of rotatable bonds is 6. The van der Waals surface area contributed by atoms with Crippen molar-refractivity contribution in [2.24, 2.45) is 0 Å². The Balaban J connectivity index is 0. The van der Waals surface area contributed by atoms with E-state index >= 15 is 0 Å². The predicted molar refractivity (Wildman–Crippen MR) is 72.5 cm³/mol. The Labute approximate surface area is 109 Å². The van der Waals surface area contributed by atoms with Crippen molar-refractivity contribution < 1.29 is 9.59 Å². The molecule has 4 nitrogen and oxygen atoms in total. The first-order chi connectivity index (χ1) is 8.63. The quantitative estimate of drug-likeness (QED) is 0.582. The Kier molecular flexibility index (Phi) is 13.5. The lowest BCUT2D eigenvalue weighted by Crippen LogP contribution is -2.22. The molecule has 0 aromatic rings. The SMILES string of the molecule is C/C=C(\C=C/CC)NC(=O)CCC(=O)C#N.CC. The van der Waals surface area contributed by atoms with Gasteiger partial charge in [-0.1, -0.05) is 32.9 Å². The van der Waals surface area contributed by atoms with E-state index in [4.69, 9.17) is 5.26 Å². The van der Waals surface area contributed by atoms with Crippen LogP contribution < -0.4 is 5.32 Å². The van der Waals surface area contributed by atoms with Gasteiger partial charge in [0.2, 0.25) is 11.7 Å². The third-order valence-corrected chi connectivity index (χ3v) is 1.83. The molecule has 4 heteroatoms. The number of carbonyl (C=O) groups is 2. The third kappa shape index (κ3) is 10.6. The molecule has 0 atom stereocenters. The molecule has 18 heavy (non-hydrogen) atoms. The summed E-state index contributed by atoms with van der Waals surface area (Å²) in [6.07, 6.45) is 6.41. The molecule has 1 amide bonds. The van der Waals surface area contributed by atoms with Gasteiger partial charge in [-0.3, -0.25) is 9.59 Å². The van der Waals surface area contributed by atoms with Crippen LogP contribution in [0.3, 0.4) is 0 Å². The van der Waals surface area contributed by atoms with Crippen molar-refractivity contribution in [1.29, 1.82) is 5.26 Å². The maximum absolute atomic E-state index is 11.3. The summed E-state index contributed by atoms with van der Waals surface area (Å²) in [5.74, 6) is -0.821. The minimum atomic E-state index is -0.568. The van der Waals surface area contributed by atoms with Gasteiger partial charge in [-0.15, -0.1) is 0 Å². The summed E-state index contributed by atoms with van der Waals surface area (Å²) in [5, 5.41) is 10.9. The fourth-order valence-electron chi connectivity index (χ4n) is 0.961. The van der Waals surface area contributed by atoms with Crippen molar-refractivity contribution in [3.63, 3.8) is 0 Å². The number of nitrogens with one attached hydrogen (secondary N) is 1. The molecular formula is C14H22N2O2. The van der Waals surface area contributed by atoms with E-state index in [-0.39, 0.29) is 18.7 Å². The molecule has 0 unspecified atom stereocenters. The van der Waals surface area contributed by atoms with Gasteiger partial charge in [0.25, 0.3) is 0 Å². The number of Topliss-reactive ketones (excluding diaryl/α,β-unsaturated/α-hetero) is 1. The van der Waals surface area contributed by atoms with E-state index in [0.717, 1.165) is 6.42 Å². The van der Waals surface area contributed by atoms with Gasteiger partial charge in [-0.05, 0) is 19.4 Å². The highest BCUT2D eigenvalue weighted by Gasteiger charge is 2.06. The largest absolute Gasteiger partial charge is 0.326 e. The number of nitrogens with zero attached hydrogens (tertiary/aromatic N) is 1. The van der Waals surface area contributed by atoms with Gasteiger partial charge < -0.3 is 5.32 Å². The first kappa shape index (κ1) is 18.5. The zero-order chi connectivity index (χ0) is 14.4. The number of ketones is 1. The van der Waals surface area contributed by atoms with Crippen molar-refractivity contribution in [3.05, 3.63) is 23.9 Å². The van der Waals surface area contributed by atoms with Crippen LogP contribution >= 0.6 is 0 Å². The van der Waals surface area contributed by atoms with E-state index < -0.39 is 5.78 Å². The van der Waals surface area contributed by atoms with Crippen LogP contribution in [-0.4, -0.2) is 11.7 Å². The Morgan fingerprint density at radius 3 is 2.33 bits per heavy atom. The second-order valence-corrected chi connectivity index (χ2v) is 3.14. The van der Waals surface area contributed by atoms with Crippen LogP contribution in [0.2, 0.25) is 0 Å². The Bertz CT molecular complexity index is 349. The number of amides is 1. The lowest BCUT2D eigenvalue weighted by molar-refractivity contribution is -0.123. The Morgan fingerprint density at radius 2 is 1.89 bits per heavy atom. The molecule has 0 fully saturated rings. The summed E-state index contributed by atoms with van der Waals surface area (Å²) in [7, 11) is 0. The van der Waals surface area contributed by atoms with Crippen molar-refractivity contribution in [2.75, 3.05) is 0 Å². The first-order valence-corrected chi connectivity index (χ1v) is 6.19. The summed E-state index contributed by atoms with van der Waals surface area (Å²) in [4.78, 5) is 22.0. The van der Waals surface area contributed by atoms with Crippen LogP contribution in [0.1, 0.15) is 47.0 Å². The number of carbonyl (C=O) groups excluding carboxylic acids is 2. The fraction of sp³-hybridized carbons (Fsp3) is 0.500. The minimum Gasteiger partial charge on any atom is -0.326 e. The molecular weight excluding hydrogens is 228 g/mol. The predicted octanol–water partition coefficient (Wildman–Crippen LogP) is 2.87. The van der Waals surface area contributed by atoms with Crippen LogP contribution in [0.5, 0.6) is 0 Å². The summed E-state index contributed by atoms with van der Waals surface area (Å²) >= 11 is 0. The van der Waals surface area contributed by atoms with Gasteiger partial charge in [0.1, 0.15) is 6.07 Å². The normalized spacial score (nSPS) is 10.3. The maximum atomic E-state index is 11.3. The molecule has 0 radical (unpaired) electrons. The zero-order valence-corrected chi connectivity index (χ0v) is 11.6. The molecule has 0 aliphatic heterocycles. The van der Waals surface area contributed by atoms with E-state index in [1.54, 1.807) is 6.08 Å². The molecule has 1 N–H and O–H groups in total. The van der Waals surface area contributed by atoms with Crippen molar-refractivity contribution >= 4 is 11.7 Å². The molecule has 0 aliphatic rings. The molecule has 0 rings (SSSR count). The van der Waals surface area contributed by atoms with Gasteiger partial charge >= 0.3 is 0 Å². The average molecular weight is 250 g/mol. The highest BCUT2D eigenvalue weighted by atomic mass is 16.2. The van der Waals surface area contributed by atoms with Crippen LogP contribution in [-0.2, 0) is 9.59 Å². The molecule has 0 aromatic heterocycles. The van der Waals surface area contributed by atoms with E-state index in [9.17, 15) is 9.59 Å². The number of hydrogen-bond donors (Lipinski definition) is 1. The summed E-state index contributed by atoms with van der Waals surface area (Å²) < 4.78 is 0. The second-order valence-electron chi connectivity index (χ2n) is 3.14. The van der Waals surface area contributed by atoms with Gasteiger partial charge in [0.15, 0.2) is 0 Å². The summed E-state index contributed by atoms with van der Waals surface area (Å²) in [6.45, 7) is 7.81. The van der Waals surface area contributed by atoms with E-state index in [0.29, 0.717) is 5.70 Å². The molecule has 0 spiro atoms. The molecule has 100 valence electrons. The zero-order valence-electron chi connectivity index (χ0n) is 11.6. The van der Waals surface area contributed by atoms with Crippen LogP contribution in [0.4, 0.5) is 0 Å². The summed E-state index contributed by atoms with van der Waals surface area (Å²) in [5.41, 5.74) is 0.705. The Hall–Kier alpha value is -1.89. The van der Waals surface area contributed by atoms with E-state index in [1.165, 1.54) is 6.07 Å². The van der Waals surface area contributed by atoms with E-state index in [2.05, 4.69) is 5.32 Å². The van der Waals surface area contributed by atoms with Gasteiger partial charge in [-0.2, -0.15) is 5.26 Å². The van der Waals surface area contributed by atoms with Crippen LogP contribution in [0.25, 0.3) is 0 Å². The van der Waals surface area contributed by atoms with Gasteiger partial charge in [-0.25, -0.2) is 0 Å². The molecule has 0 aliphatic carbocycles. The van der Waals surface area contributed by atoms with Gasteiger partial charge in [0, 0.05) is 18.5 Å². The lowest BCUT2D eigenvalue weighted by Gasteiger charge is -2.04. The number of hydrogen-bond acceptors (Lipinski definition) is 3. The van der Waals surface area contributed by atoms with Crippen molar-refractivity contribution in [3.8, 4) is 6.07 Å². The van der Waals surface area contributed by atoms with Crippen LogP contribution in [0.15, 0.2) is 23.9 Å². The second kappa shape index (κ2) is 13.2. The third-order valence-electron chi connectivity index (χ3n) is 1.83. The highest BCUT2D eigenvalue weighted by molar-refractivity contribution is 5.95. The highest BCUT2D eigenvalue weighted by Crippen LogP contribution is 1.97. The fourth-order valence-corrected chi connectivity index (χ4v) is 0.961. The molecule has 0 saturated heterocycles. The number of allylic oxidation sites excluding steroid dienone is 3. The average Bonchev–Trinajstić information content (AvgIpc) is 2.42. The molecule has 0 saturated carbocycles. The number of nitriles is 1. The van der Waals surface area contributed by atoms with Crippen molar-refractivity contribution in [1.82, 2.24) is 5.32 Å². The van der Waals surface area contributed by atoms with E-state index in [1.807, 2.05) is 39.8 Å². The topological polar surface area (TPSA) is 70.0 Å². The first-order valence-electron chi connectivity index (χ1n) is 6.19. The molecule has 0 heterocycles. The minimum absolute atomic E-state index is 0.0309. The molecule has 0 bridgehead atoms. The molecule has 0 aromatic carbocycles. The monoisotopic (exact) mass is 250 g/mol. The standard InChI is InChI=1S/C12H16N2O2.C2H6/c1-3-5-6-10(4-2)14-12(16)8-7-11(15)9-13;1-2/h4-6H,3,7-8H2,1-2H3,(H,14,16);1-2H3/b6-5-,10-4+;. The summed E-state index contributed by atoms with van der Waals surface area (Å²) in [6, 6.07) is 1.47. The van der Waals surface area contributed by atoms with Gasteiger partial charge in [0.05, 0.1) is 0 Å². The van der Waals surface area contributed by atoms with Crippen molar-refractivity contribution in [2.45, 2.75) is 47.0 Å². The Morgan fingerprint density at radius 1 is 1.28 bits per heavy atom. The van der Waals surface area contributed by atoms with Crippen LogP contribution in [0, 0.1) is 11.3 Å². The smallest absolute Gasteiger partial charge is 0.232 e.